The van der Waals surface area contributed by atoms with E-state index < -0.39 is 5.60 Å². The van der Waals surface area contributed by atoms with E-state index in [9.17, 15) is 5.11 Å². The number of hydrogen-bond donors (Lipinski definition) is 1. The van der Waals surface area contributed by atoms with E-state index in [1.807, 2.05) is 25.1 Å². The van der Waals surface area contributed by atoms with Gasteiger partial charge in [-0.1, -0.05) is 6.08 Å². The summed E-state index contributed by atoms with van der Waals surface area (Å²) >= 11 is 0. The van der Waals surface area contributed by atoms with Gasteiger partial charge in [0.1, 0.15) is 5.76 Å². The molecule has 0 aliphatic rings. The SMILES string of the molecule is C=CCCC(C)(O)Cc1ccco1. The summed E-state index contributed by atoms with van der Waals surface area (Å²) in [6.07, 6.45) is 5.55. The van der Waals surface area contributed by atoms with E-state index in [0.29, 0.717) is 6.42 Å². The van der Waals surface area contributed by atoms with Crippen LogP contribution in [0.15, 0.2) is 35.5 Å². The van der Waals surface area contributed by atoms with E-state index in [4.69, 9.17) is 4.42 Å². The van der Waals surface area contributed by atoms with Gasteiger partial charge in [0, 0.05) is 6.42 Å². The lowest BCUT2D eigenvalue weighted by molar-refractivity contribution is 0.0472. The third kappa shape index (κ3) is 3.47. The Bertz CT molecular complexity index is 247. The first-order chi connectivity index (χ1) is 6.14. The molecule has 0 bridgehead atoms. The Kier molecular flexibility index (Phi) is 3.32. The molecular formula is C11H16O2. The fraction of sp³-hybridized carbons (Fsp3) is 0.455. The van der Waals surface area contributed by atoms with Gasteiger partial charge in [0.25, 0.3) is 0 Å². The lowest BCUT2D eigenvalue weighted by atomic mass is 9.95. The summed E-state index contributed by atoms with van der Waals surface area (Å²) in [6.45, 7) is 5.44. The van der Waals surface area contributed by atoms with Gasteiger partial charge in [0.05, 0.1) is 11.9 Å². The molecule has 2 heteroatoms. The molecule has 0 saturated heterocycles. The molecule has 0 aliphatic carbocycles. The number of hydrogen-bond acceptors (Lipinski definition) is 2. The minimum absolute atomic E-state index is 0.563. The van der Waals surface area contributed by atoms with Gasteiger partial charge in [0.2, 0.25) is 0 Å². The van der Waals surface area contributed by atoms with Crippen molar-refractivity contribution in [2.24, 2.45) is 0 Å². The highest BCUT2D eigenvalue weighted by Gasteiger charge is 2.20. The first-order valence-corrected chi connectivity index (χ1v) is 4.50. The van der Waals surface area contributed by atoms with Gasteiger partial charge in [0.15, 0.2) is 0 Å². The van der Waals surface area contributed by atoms with Crippen molar-refractivity contribution >= 4 is 0 Å². The van der Waals surface area contributed by atoms with E-state index in [-0.39, 0.29) is 0 Å². The van der Waals surface area contributed by atoms with Crippen molar-refractivity contribution in [3.05, 3.63) is 36.8 Å². The highest BCUT2D eigenvalue weighted by Crippen LogP contribution is 2.18. The van der Waals surface area contributed by atoms with Crippen molar-refractivity contribution in [2.75, 3.05) is 0 Å². The Labute approximate surface area is 78.9 Å². The minimum Gasteiger partial charge on any atom is -0.469 e. The number of allylic oxidation sites excluding steroid dienone is 1. The molecule has 0 fully saturated rings. The number of rotatable bonds is 5. The largest absolute Gasteiger partial charge is 0.469 e. The van der Waals surface area contributed by atoms with E-state index >= 15 is 0 Å². The van der Waals surface area contributed by atoms with Gasteiger partial charge < -0.3 is 9.52 Å². The maximum atomic E-state index is 9.91. The Morgan fingerprint density at radius 3 is 3.00 bits per heavy atom. The van der Waals surface area contributed by atoms with E-state index in [2.05, 4.69) is 6.58 Å². The lowest BCUT2D eigenvalue weighted by Crippen LogP contribution is -2.26. The standard InChI is InChI=1S/C11H16O2/c1-3-4-7-11(2,12)9-10-6-5-8-13-10/h3,5-6,8,12H,1,4,7,9H2,2H3. The molecule has 72 valence electrons. The summed E-state index contributed by atoms with van der Waals surface area (Å²) in [4.78, 5) is 0. The van der Waals surface area contributed by atoms with Crippen LogP contribution in [0, 0.1) is 0 Å². The summed E-state index contributed by atoms with van der Waals surface area (Å²) in [7, 11) is 0. The summed E-state index contributed by atoms with van der Waals surface area (Å²) in [5, 5.41) is 9.91. The van der Waals surface area contributed by atoms with Crippen LogP contribution in [0.2, 0.25) is 0 Å². The molecule has 1 unspecified atom stereocenters. The molecular weight excluding hydrogens is 164 g/mol. The van der Waals surface area contributed by atoms with Crippen molar-refractivity contribution in [1.82, 2.24) is 0 Å². The van der Waals surface area contributed by atoms with Crippen LogP contribution in [0.5, 0.6) is 0 Å². The van der Waals surface area contributed by atoms with Crippen LogP contribution in [0.25, 0.3) is 0 Å². The Morgan fingerprint density at radius 2 is 2.46 bits per heavy atom. The van der Waals surface area contributed by atoms with Crippen LogP contribution in [0.3, 0.4) is 0 Å². The Hall–Kier alpha value is -1.02. The molecule has 1 atom stereocenters. The van der Waals surface area contributed by atoms with Gasteiger partial charge in [-0.2, -0.15) is 0 Å². The average Bonchev–Trinajstić information content (AvgIpc) is 2.52. The molecule has 0 saturated carbocycles. The maximum absolute atomic E-state index is 9.91. The predicted octanol–water partition coefficient (Wildman–Crippen LogP) is 2.54. The fourth-order valence-corrected chi connectivity index (χ4v) is 1.29. The molecule has 13 heavy (non-hydrogen) atoms. The molecule has 0 spiro atoms. The zero-order valence-electron chi connectivity index (χ0n) is 7.99. The topological polar surface area (TPSA) is 33.4 Å². The third-order valence-electron chi connectivity index (χ3n) is 2.02. The summed E-state index contributed by atoms with van der Waals surface area (Å²) < 4.78 is 5.16. The van der Waals surface area contributed by atoms with Crippen LogP contribution in [0.1, 0.15) is 25.5 Å². The second-order valence-electron chi connectivity index (χ2n) is 3.58. The first-order valence-electron chi connectivity index (χ1n) is 4.50. The maximum Gasteiger partial charge on any atom is 0.106 e. The summed E-state index contributed by atoms with van der Waals surface area (Å²) in [6, 6.07) is 3.71. The minimum atomic E-state index is -0.688. The van der Waals surface area contributed by atoms with E-state index in [1.165, 1.54) is 0 Å². The molecule has 0 aromatic carbocycles. The van der Waals surface area contributed by atoms with Crippen LogP contribution >= 0.6 is 0 Å². The molecule has 2 nitrogen and oxygen atoms in total. The lowest BCUT2D eigenvalue weighted by Gasteiger charge is -2.20. The zero-order chi connectivity index (χ0) is 9.73. The van der Waals surface area contributed by atoms with Gasteiger partial charge in [-0.3, -0.25) is 0 Å². The van der Waals surface area contributed by atoms with Gasteiger partial charge >= 0.3 is 0 Å². The van der Waals surface area contributed by atoms with Crippen LogP contribution in [-0.2, 0) is 6.42 Å². The monoisotopic (exact) mass is 180 g/mol. The normalized spacial score (nSPS) is 15.2. The molecule has 0 amide bonds. The molecule has 1 rings (SSSR count). The molecule has 1 N–H and O–H groups in total. The zero-order valence-corrected chi connectivity index (χ0v) is 7.99. The Balaban J connectivity index is 2.46. The van der Waals surface area contributed by atoms with Crippen LogP contribution in [-0.4, -0.2) is 10.7 Å². The van der Waals surface area contributed by atoms with E-state index in [0.717, 1.165) is 18.6 Å². The first kappa shape index (κ1) is 10.1. The molecule has 1 aromatic heterocycles. The van der Waals surface area contributed by atoms with E-state index in [1.54, 1.807) is 6.26 Å². The third-order valence-corrected chi connectivity index (χ3v) is 2.02. The molecule has 0 aliphatic heterocycles. The quantitative estimate of drug-likeness (QED) is 0.706. The van der Waals surface area contributed by atoms with Crippen molar-refractivity contribution in [3.63, 3.8) is 0 Å². The van der Waals surface area contributed by atoms with Crippen molar-refractivity contribution in [2.45, 2.75) is 31.8 Å². The highest BCUT2D eigenvalue weighted by molar-refractivity contribution is 5.02. The van der Waals surface area contributed by atoms with Crippen molar-refractivity contribution < 1.29 is 9.52 Å². The summed E-state index contributed by atoms with van der Waals surface area (Å²) in [5.41, 5.74) is -0.688. The van der Waals surface area contributed by atoms with Crippen LogP contribution < -0.4 is 0 Å². The molecule has 0 radical (unpaired) electrons. The highest BCUT2D eigenvalue weighted by atomic mass is 16.3. The van der Waals surface area contributed by atoms with Gasteiger partial charge in [-0.25, -0.2) is 0 Å². The predicted molar refractivity (Wildman–Crippen MR) is 52.5 cm³/mol. The van der Waals surface area contributed by atoms with Crippen molar-refractivity contribution in [3.8, 4) is 0 Å². The smallest absolute Gasteiger partial charge is 0.106 e. The van der Waals surface area contributed by atoms with Gasteiger partial charge in [-0.05, 0) is 31.9 Å². The summed E-state index contributed by atoms with van der Waals surface area (Å²) in [5.74, 6) is 0.828. The van der Waals surface area contributed by atoms with Gasteiger partial charge in [-0.15, -0.1) is 6.58 Å². The number of furan rings is 1. The molecule has 1 aromatic rings. The van der Waals surface area contributed by atoms with Crippen molar-refractivity contribution in [1.29, 1.82) is 0 Å². The second-order valence-corrected chi connectivity index (χ2v) is 3.58. The number of aliphatic hydroxyl groups is 1. The average molecular weight is 180 g/mol. The molecule has 1 heterocycles. The Morgan fingerprint density at radius 1 is 1.69 bits per heavy atom. The van der Waals surface area contributed by atoms with Crippen LogP contribution in [0.4, 0.5) is 0 Å². The second kappa shape index (κ2) is 4.28. The fourth-order valence-electron chi connectivity index (χ4n) is 1.29.